The van der Waals surface area contributed by atoms with Gasteiger partial charge >= 0.3 is 12.1 Å². The summed E-state index contributed by atoms with van der Waals surface area (Å²) in [6.45, 7) is 8.85. The molecule has 0 unspecified atom stereocenters. The summed E-state index contributed by atoms with van der Waals surface area (Å²) in [7, 11) is 1.32. The Morgan fingerprint density at radius 2 is 1.76 bits per heavy atom. The van der Waals surface area contributed by atoms with Gasteiger partial charge in [0.25, 0.3) is 0 Å². The average molecular weight is 403 g/mol. The van der Waals surface area contributed by atoms with Crippen molar-refractivity contribution in [2.24, 2.45) is 11.8 Å². The first-order chi connectivity index (χ1) is 13.5. The van der Waals surface area contributed by atoms with E-state index in [9.17, 15) is 14.4 Å². The number of nitrogens with zero attached hydrogens (tertiary/aromatic N) is 1. The Morgan fingerprint density at radius 3 is 2.31 bits per heavy atom. The highest BCUT2D eigenvalue weighted by Gasteiger charge is 2.69. The molecule has 1 heterocycles. The van der Waals surface area contributed by atoms with E-state index in [2.05, 4.69) is 0 Å². The number of ether oxygens (including phenoxy) is 3. The summed E-state index contributed by atoms with van der Waals surface area (Å²) in [6, 6.07) is 8.55. The van der Waals surface area contributed by atoms with Crippen molar-refractivity contribution in [3.05, 3.63) is 35.9 Å². The number of hydrogen-bond acceptors (Lipinski definition) is 6. The van der Waals surface area contributed by atoms with Crippen LogP contribution in [0.1, 0.15) is 51.4 Å². The molecule has 7 heteroatoms. The van der Waals surface area contributed by atoms with Gasteiger partial charge in [-0.1, -0.05) is 30.3 Å². The number of benzene rings is 1. The van der Waals surface area contributed by atoms with Crippen LogP contribution < -0.4 is 0 Å². The van der Waals surface area contributed by atoms with E-state index in [1.807, 2.05) is 6.07 Å². The molecule has 2 fully saturated rings. The molecule has 29 heavy (non-hydrogen) atoms. The number of ketones is 1. The molecule has 1 saturated carbocycles. The van der Waals surface area contributed by atoms with Gasteiger partial charge in [-0.2, -0.15) is 0 Å². The topological polar surface area (TPSA) is 82.1 Å². The highest BCUT2D eigenvalue weighted by Crippen LogP contribution is 2.55. The number of esters is 1. The van der Waals surface area contributed by atoms with E-state index in [0.29, 0.717) is 5.56 Å². The quantitative estimate of drug-likeness (QED) is 0.566. The largest absolute Gasteiger partial charge is 0.469 e. The Balaban J connectivity index is 1.85. The number of carbonyl (C=O) groups is 3. The summed E-state index contributed by atoms with van der Waals surface area (Å²) >= 11 is 0. The Morgan fingerprint density at radius 1 is 1.14 bits per heavy atom. The van der Waals surface area contributed by atoms with Crippen LogP contribution in [0.2, 0.25) is 0 Å². The molecule has 7 nitrogen and oxygen atoms in total. The molecule has 1 amide bonds. The summed E-state index contributed by atoms with van der Waals surface area (Å²) in [5.41, 5.74) is -1.12. The molecule has 1 saturated heterocycles. The number of carbonyl (C=O) groups excluding carboxylic acids is 3. The number of rotatable bonds is 4. The molecular weight excluding hydrogens is 374 g/mol. The second-order valence-electron chi connectivity index (χ2n) is 9.06. The van der Waals surface area contributed by atoms with Gasteiger partial charge < -0.3 is 14.2 Å². The maximum atomic E-state index is 12.9. The average Bonchev–Trinajstić information content (AvgIpc) is 3.34. The summed E-state index contributed by atoms with van der Waals surface area (Å²) in [4.78, 5) is 39.5. The van der Waals surface area contributed by atoms with Crippen LogP contribution in [0.4, 0.5) is 4.79 Å². The van der Waals surface area contributed by atoms with Gasteiger partial charge in [0.05, 0.1) is 25.2 Å². The van der Waals surface area contributed by atoms with Gasteiger partial charge in [-0.25, -0.2) is 4.79 Å². The van der Waals surface area contributed by atoms with E-state index in [0.717, 1.165) is 0 Å². The van der Waals surface area contributed by atoms with Gasteiger partial charge in [-0.15, -0.1) is 0 Å². The van der Waals surface area contributed by atoms with Crippen LogP contribution in [0.3, 0.4) is 0 Å². The van der Waals surface area contributed by atoms with Gasteiger partial charge in [0.2, 0.25) is 0 Å². The SMILES string of the molecule is COC(=O)[C@H]1[C@H]2[C@@H]1N(C(=O)OC(C)(C)C)C(C)(C)O[C@H]2CC(=O)c1ccccc1. The van der Waals surface area contributed by atoms with Crippen LogP contribution in [0.5, 0.6) is 0 Å². The minimum absolute atomic E-state index is 0.0635. The maximum Gasteiger partial charge on any atom is 0.412 e. The van der Waals surface area contributed by atoms with Gasteiger partial charge in [0.1, 0.15) is 11.3 Å². The van der Waals surface area contributed by atoms with Gasteiger partial charge in [-0.3, -0.25) is 14.5 Å². The van der Waals surface area contributed by atoms with Crippen molar-refractivity contribution in [3.8, 4) is 0 Å². The number of Topliss-reactive ketones (excluding diaryl/α,β-unsaturated/α-hetero) is 1. The highest BCUT2D eigenvalue weighted by atomic mass is 16.6. The molecular formula is C22H29NO6. The van der Waals surface area contributed by atoms with Gasteiger partial charge in [0.15, 0.2) is 5.78 Å². The van der Waals surface area contributed by atoms with E-state index in [-0.39, 0.29) is 18.1 Å². The molecule has 3 rings (SSSR count). The molecule has 1 aromatic rings. The molecule has 1 aliphatic carbocycles. The lowest BCUT2D eigenvalue weighted by Gasteiger charge is -2.45. The van der Waals surface area contributed by atoms with Crippen molar-refractivity contribution in [1.29, 1.82) is 0 Å². The fourth-order valence-corrected chi connectivity index (χ4v) is 4.15. The van der Waals surface area contributed by atoms with Crippen molar-refractivity contribution in [3.63, 3.8) is 0 Å². The molecule has 0 aromatic heterocycles. The molecule has 0 bridgehead atoms. The first-order valence-electron chi connectivity index (χ1n) is 9.82. The van der Waals surface area contributed by atoms with E-state index >= 15 is 0 Å². The predicted molar refractivity (Wildman–Crippen MR) is 105 cm³/mol. The molecule has 158 valence electrons. The Hall–Kier alpha value is -2.41. The minimum Gasteiger partial charge on any atom is -0.469 e. The first kappa shape index (κ1) is 21.3. The van der Waals surface area contributed by atoms with Crippen molar-refractivity contribution >= 4 is 17.8 Å². The first-order valence-corrected chi connectivity index (χ1v) is 9.82. The second-order valence-corrected chi connectivity index (χ2v) is 9.06. The zero-order chi connectivity index (χ0) is 21.6. The Kier molecular flexibility index (Phi) is 5.47. The lowest BCUT2D eigenvalue weighted by atomic mass is 9.99. The monoisotopic (exact) mass is 403 g/mol. The summed E-state index contributed by atoms with van der Waals surface area (Å²) in [5, 5.41) is 0. The zero-order valence-corrected chi connectivity index (χ0v) is 17.8. The smallest absolute Gasteiger partial charge is 0.412 e. The van der Waals surface area contributed by atoms with Gasteiger partial charge in [-0.05, 0) is 34.6 Å². The third-order valence-corrected chi connectivity index (χ3v) is 5.33. The number of methoxy groups -OCH3 is 1. The van der Waals surface area contributed by atoms with E-state index < -0.39 is 41.5 Å². The highest BCUT2D eigenvalue weighted by molar-refractivity contribution is 5.96. The minimum atomic E-state index is -1.03. The van der Waals surface area contributed by atoms with Crippen LogP contribution in [0.25, 0.3) is 0 Å². The van der Waals surface area contributed by atoms with E-state index in [1.54, 1.807) is 58.9 Å². The Bertz CT molecular complexity index is 797. The summed E-state index contributed by atoms with van der Waals surface area (Å²) in [6.07, 6.45) is -0.910. The van der Waals surface area contributed by atoms with Crippen molar-refractivity contribution in [2.45, 2.75) is 64.5 Å². The van der Waals surface area contributed by atoms with Crippen molar-refractivity contribution in [1.82, 2.24) is 4.90 Å². The van der Waals surface area contributed by atoms with E-state index in [4.69, 9.17) is 14.2 Å². The Labute approximate surface area is 171 Å². The number of hydrogen-bond donors (Lipinski definition) is 0. The maximum absolute atomic E-state index is 12.9. The molecule has 0 N–H and O–H groups in total. The number of fused-ring (bicyclic) bond motifs is 1. The molecule has 0 radical (unpaired) electrons. The number of amides is 1. The normalized spacial score (nSPS) is 27.6. The molecule has 0 spiro atoms. The van der Waals surface area contributed by atoms with Crippen LogP contribution in [0, 0.1) is 11.8 Å². The second kappa shape index (κ2) is 7.44. The third kappa shape index (κ3) is 4.29. The van der Waals surface area contributed by atoms with E-state index in [1.165, 1.54) is 12.0 Å². The standard InChI is InChI=1S/C22H29NO6/c1-21(2,3)29-20(26)23-18-16(17(18)19(25)27-6)15(28-22(23,4)5)12-14(24)13-10-8-7-9-11-13/h7-11,15-18H,12H2,1-6H3/t15-,16-,17-,18-/m0/s1. The lowest BCUT2D eigenvalue weighted by molar-refractivity contribution is -0.191. The molecule has 4 atom stereocenters. The molecule has 1 aromatic carbocycles. The van der Waals surface area contributed by atoms with Crippen molar-refractivity contribution in [2.75, 3.05) is 7.11 Å². The third-order valence-electron chi connectivity index (χ3n) is 5.33. The van der Waals surface area contributed by atoms with Gasteiger partial charge in [0, 0.05) is 17.9 Å². The van der Waals surface area contributed by atoms with Crippen LogP contribution in [-0.4, -0.2) is 53.3 Å². The van der Waals surface area contributed by atoms with Crippen LogP contribution >= 0.6 is 0 Å². The predicted octanol–water partition coefficient (Wildman–Crippen LogP) is 3.42. The van der Waals surface area contributed by atoms with Crippen molar-refractivity contribution < 1.29 is 28.6 Å². The lowest BCUT2D eigenvalue weighted by Crippen LogP contribution is -2.58. The molecule has 1 aliphatic heterocycles. The fourth-order valence-electron chi connectivity index (χ4n) is 4.15. The zero-order valence-electron chi connectivity index (χ0n) is 17.8. The fraction of sp³-hybridized carbons (Fsp3) is 0.591. The van der Waals surface area contributed by atoms with Crippen LogP contribution in [-0.2, 0) is 19.0 Å². The summed E-state index contributed by atoms with van der Waals surface area (Å²) in [5.74, 6) is -1.32. The summed E-state index contributed by atoms with van der Waals surface area (Å²) < 4.78 is 16.7. The molecule has 2 aliphatic rings. The van der Waals surface area contributed by atoms with Crippen LogP contribution in [0.15, 0.2) is 30.3 Å².